The lowest BCUT2D eigenvalue weighted by Gasteiger charge is -2.22. The number of para-hydroxylation sites is 1. The fourth-order valence-electron chi connectivity index (χ4n) is 1.66. The Kier molecular flexibility index (Phi) is 5.38. The van der Waals surface area contributed by atoms with E-state index < -0.39 is 24.1 Å². The third kappa shape index (κ3) is 4.73. The Morgan fingerprint density at radius 1 is 1.40 bits per heavy atom. The number of nitrogens with one attached hydrogen (secondary N) is 1. The molecule has 2 unspecified atom stereocenters. The van der Waals surface area contributed by atoms with Crippen LogP contribution in [0.4, 0.5) is 13.2 Å². The van der Waals surface area contributed by atoms with Crippen LogP contribution in [0, 0.1) is 0 Å². The summed E-state index contributed by atoms with van der Waals surface area (Å²) in [5.41, 5.74) is 5.33. The summed E-state index contributed by atoms with van der Waals surface area (Å²) in [6.07, 6.45) is -4.12. The van der Waals surface area contributed by atoms with Gasteiger partial charge in [0.25, 0.3) is 0 Å². The molecule has 2 atom stereocenters. The predicted molar refractivity (Wildman–Crippen MR) is 67.9 cm³/mol. The number of halogens is 3. The summed E-state index contributed by atoms with van der Waals surface area (Å²) in [5.74, 6) is -1.19. The monoisotopic (exact) mass is 290 g/mol. The van der Waals surface area contributed by atoms with Gasteiger partial charge in [-0.05, 0) is 19.4 Å². The first-order valence-corrected chi connectivity index (χ1v) is 6.14. The second kappa shape index (κ2) is 6.60. The van der Waals surface area contributed by atoms with E-state index in [2.05, 4.69) is 10.1 Å². The number of nitrogens with two attached hydrogens (primary N) is 1. The Bertz CT molecular complexity index is 463. The largest absolute Gasteiger partial charge is 0.573 e. The molecule has 7 heteroatoms. The second-order valence-electron chi connectivity index (χ2n) is 4.40. The van der Waals surface area contributed by atoms with Gasteiger partial charge in [-0.2, -0.15) is 0 Å². The average Bonchev–Trinajstić information content (AvgIpc) is 2.34. The summed E-state index contributed by atoms with van der Waals surface area (Å²) in [6.45, 7) is 3.69. The van der Waals surface area contributed by atoms with Crippen molar-refractivity contribution in [1.82, 2.24) is 5.32 Å². The minimum atomic E-state index is -4.82. The Hall–Kier alpha value is -1.76. The quantitative estimate of drug-likeness (QED) is 0.846. The first-order valence-electron chi connectivity index (χ1n) is 6.14. The van der Waals surface area contributed by atoms with Gasteiger partial charge in [-0.1, -0.05) is 25.1 Å². The van der Waals surface area contributed by atoms with Crippen LogP contribution in [0.25, 0.3) is 0 Å². The number of primary amides is 1. The van der Waals surface area contributed by atoms with E-state index in [0.29, 0.717) is 6.42 Å². The molecule has 112 valence electrons. The standard InChI is InChI=1S/C13H17F3N2O2/c1-3-8(2)18-11(12(17)19)9-6-4-5-7-10(9)20-13(14,15)16/h4-8,11,18H,3H2,1-2H3,(H2,17,19). The molecule has 0 fully saturated rings. The Labute approximate surface area is 115 Å². The molecule has 0 aliphatic heterocycles. The molecule has 20 heavy (non-hydrogen) atoms. The van der Waals surface area contributed by atoms with Gasteiger partial charge in [-0.15, -0.1) is 13.2 Å². The van der Waals surface area contributed by atoms with Crippen LogP contribution >= 0.6 is 0 Å². The van der Waals surface area contributed by atoms with Crippen LogP contribution in [-0.2, 0) is 4.79 Å². The van der Waals surface area contributed by atoms with Crippen molar-refractivity contribution in [3.63, 3.8) is 0 Å². The number of ether oxygens (including phenoxy) is 1. The number of rotatable bonds is 6. The summed E-state index contributed by atoms with van der Waals surface area (Å²) in [6, 6.07) is 4.33. The van der Waals surface area contributed by atoms with E-state index in [0.717, 1.165) is 6.07 Å². The van der Waals surface area contributed by atoms with E-state index in [-0.39, 0.29) is 11.6 Å². The van der Waals surface area contributed by atoms with Gasteiger partial charge in [0, 0.05) is 11.6 Å². The molecule has 0 aromatic heterocycles. The van der Waals surface area contributed by atoms with Gasteiger partial charge >= 0.3 is 6.36 Å². The van der Waals surface area contributed by atoms with Crippen molar-refractivity contribution >= 4 is 5.91 Å². The number of hydrogen-bond donors (Lipinski definition) is 2. The molecule has 0 aliphatic rings. The maximum absolute atomic E-state index is 12.4. The number of carbonyl (C=O) groups excluding carboxylic acids is 1. The van der Waals surface area contributed by atoms with Crippen molar-refractivity contribution < 1.29 is 22.7 Å². The van der Waals surface area contributed by atoms with E-state index in [1.165, 1.54) is 18.2 Å². The molecule has 0 saturated carbocycles. The molecule has 1 rings (SSSR count). The summed E-state index contributed by atoms with van der Waals surface area (Å²) in [5, 5.41) is 2.89. The van der Waals surface area contributed by atoms with E-state index in [1.54, 1.807) is 0 Å². The van der Waals surface area contributed by atoms with Gasteiger partial charge in [0.05, 0.1) is 0 Å². The first-order chi connectivity index (χ1) is 9.24. The zero-order valence-corrected chi connectivity index (χ0v) is 11.2. The third-order valence-electron chi connectivity index (χ3n) is 2.80. The number of amides is 1. The SMILES string of the molecule is CCC(C)NC(C(N)=O)c1ccccc1OC(F)(F)F. The number of alkyl halides is 3. The molecule has 1 aromatic rings. The average molecular weight is 290 g/mol. The Balaban J connectivity index is 3.10. The molecule has 0 heterocycles. The molecule has 3 N–H and O–H groups in total. The molecule has 0 spiro atoms. The summed E-state index contributed by atoms with van der Waals surface area (Å²) >= 11 is 0. The first kappa shape index (κ1) is 16.3. The highest BCUT2D eigenvalue weighted by atomic mass is 19.4. The highest BCUT2D eigenvalue weighted by Crippen LogP contribution is 2.30. The van der Waals surface area contributed by atoms with Crippen molar-refractivity contribution in [1.29, 1.82) is 0 Å². The number of hydrogen-bond acceptors (Lipinski definition) is 3. The van der Waals surface area contributed by atoms with Crippen LogP contribution in [0.15, 0.2) is 24.3 Å². The summed E-state index contributed by atoms with van der Waals surface area (Å²) < 4.78 is 41.0. The zero-order valence-electron chi connectivity index (χ0n) is 11.2. The van der Waals surface area contributed by atoms with Gasteiger partial charge in [-0.25, -0.2) is 0 Å². The Morgan fingerprint density at radius 2 is 2.00 bits per heavy atom. The van der Waals surface area contributed by atoms with E-state index >= 15 is 0 Å². The van der Waals surface area contributed by atoms with Crippen molar-refractivity contribution in [2.75, 3.05) is 0 Å². The van der Waals surface area contributed by atoms with E-state index in [4.69, 9.17) is 5.73 Å². The van der Waals surface area contributed by atoms with Crippen LogP contribution in [0.1, 0.15) is 31.9 Å². The lowest BCUT2D eigenvalue weighted by molar-refractivity contribution is -0.275. The smallest absolute Gasteiger partial charge is 0.405 e. The van der Waals surface area contributed by atoms with Crippen LogP contribution in [0.2, 0.25) is 0 Å². The number of benzene rings is 1. The predicted octanol–water partition coefficient (Wildman–Crippen LogP) is 2.50. The summed E-state index contributed by atoms with van der Waals surface area (Å²) in [7, 11) is 0. The maximum atomic E-state index is 12.4. The highest BCUT2D eigenvalue weighted by Gasteiger charge is 2.33. The molecular formula is C13H17F3N2O2. The molecule has 0 saturated heterocycles. The van der Waals surface area contributed by atoms with Gasteiger partial charge in [0.1, 0.15) is 11.8 Å². The van der Waals surface area contributed by atoms with Crippen LogP contribution in [0.3, 0.4) is 0 Å². The Morgan fingerprint density at radius 3 is 2.50 bits per heavy atom. The van der Waals surface area contributed by atoms with Gasteiger partial charge in [-0.3, -0.25) is 10.1 Å². The van der Waals surface area contributed by atoms with Gasteiger partial charge < -0.3 is 10.5 Å². The molecule has 1 amide bonds. The lowest BCUT2D eigenvalue weighted by atomic mass is 10.0. The van der Waals surface area contributed by atoms with E-state index in [1.807, 2.05) is 13.8 Å². The minimum Gasteiger partial charge on any atom is -0.405 e. The molecule has 0 radical (unpaired) electrons. The topological polar surface area (TPSA) is 64.3 Å². The fraction of sp³-hybridized carbons (Fsp3) is 0.462. The van der Waals surface area contributed by atoms with Crippen molar-refractivity contribution in [2.45, 2.75) is 38.7 Å². The number of carbonyl (C=O) groups is 1. The van der Waals surface area contributed by atoms with Crippen LogP contribution in [0.5, 0.6) is 5.75 Å². The van der Waals surface area contributed by atoms with E-state index in [9.17, 15) is 18.0 Å². The minimum absolute atomic E-state index is 0.0672. The maximum Gasteiger partial charge on any atom is 0.573 e. The zero-order chi connectivity index (χ0) is 15.3. The normalized spacial score (nSPS) is 14.7. The molecule has 1 aromatic carbocycles. The second-order valence-corrected chi connectivity index (χ2v) is 4.40. The van der Waals surface area contributed by atoms with Gasteiger partial charge in [0.15, 0.2) is 0 Å². The van der Waals surface area contributed by atoms with Crippen LogP contribution < -0.4 is 15.8 Å². The molecule has 0 aliphatic carbocycles. The van der Waals surface area contributed by atoms with Crippen LogP contribution in [-0.4, -0.2) is 18.3 Å². The third-order valence-corrected chi connectivity index (χ3v) is 2.80. The molecule has 0 bridgehead atoms. The van der Waals surface area contributed by atoms with Crippen molar-refractivity contribution in [3.8, 4) is 5.75 Å². The molecular weight excluding hydrogens is 273 g/mol. The van der Waals surface area contributed by atoms with Crippen molar-refractivity contribution in [3.05, 3.63) is 29.8 Å². The molecule has 4 nitrogen and oxygen atoms in total. The fourth-order valence-corrected chi connectivity index (χ4v) is 1.66. The highest BCUT2D eigenvalue weighted by molar-refractivity contribution is 5.82. The van der Waals surface area contributed by atoms with Crippen molar-refractivity contribution in [2.24, 2.45) is 5.73 Å². The summed E-state index contributed by atoms with van der Waals surface area (Å²) in [4.78, 5) is 11.5. The lowest BCUT2D eigenvalue weighted by Crippen LogP contribution is -2.39. The van der Waals surface area contributed by atoms with Gasteiger partial charge in [0.2, 0.25) is 5.91 Å².